The molecule has 0 aliphatic carbocycles. The standard InChI is InChI=1S/C18H21ClN6O2/c19-13-1-3-14(4-2-13)24-18(27)16-15(21-5-6-22-16)17(26)23-9-12-25-10-7-20-8-11-25/h1-6,20H,7-12H2,(H,23,26)(H,24,27). The number of halogens is 1. The van der Waals surface area contributed by atoms with E-state index < -0.39 is 11.8 Å². The molecule has 9 heteroatoms. The molecule has 1 aliphatic heterocycles. The normalized spacial score (nSPS) is 14.6. The summed E-state index contributed by atoms with van der Waals surface area (Å²) in [6.07, 6.45) is 2.78. The first-order valence-electron chi connectivity index (χ1n) is 8.72. The van der Waals surface area contributed by atoms with Gasteiger partial charge < -0.3 is 16.0 Å². The lowest BCUT2D eigenvalue weighted by Crippen LogP contribution is -2.46. The van der Waals surface area contributed by atoms with Crippen molar-refractivity contribution in [2.75, 3.05) is 44.6 Å². The number of carbonyl (C=O) groups excluding carboxylic acids is 2. The predicted molar refractivity (Wildman–Crippen MR) is 103 cm³/mol. The molecule has 1 aliphatic rings. The second kappa shape index (κ2) is 9.40. The summed E-state index contributed by atoms with van der Waals surface area (Å²) in [5, 5.41) is 9.36. The molecule has 8 nitrogen and oxygen atoms in total. The van der Waals surface area contributed by atoms with Gasteiger partial charge in [-0.3, -0.25) is 14.5 Å². The third-order valence-corrected chi connectivity index (χ3v) is 4.41. The molecule has 0 unspecified atom stereocenters. The van der Waals surface area contributed by atoms with Crippen LogP contribution in [0.1, 0.15) is 21.0 Å². The fourth-order valence-electron chi connectivity index (χ4n) is 2.74. The molecular formula is C18H21ClN6O2. The van der Waals surface area contributed by atoms with E-state index in [-0.39, 0.29) is 11.4 Å². The Bertz CT molecular complexity index is 793. The Hall–Kier alpha value is -2.55. The second-order valence-electron chi connectivity index (χ2n) is 6.06. The highest BCUT2D eigenvalue weighted by Crippen LogP contribution is 2.14. The quantitative estimate of drug-likeness (QED) is 0.683. The Labute approximate surface area is 162 Å². The Morgan fingerprint density at radius 1 is 1.04 bits per heavy atom. The third-order valence-electron chi connectivity index (χ3n) is 4.15. The van der Waals surface area contributed by atoms with E-state index in [1.54, 1.807) is 24.3 Å². The summed E-state index contributed by atoms with van der Waals surface area (Å²) in [5.74, 6) is -0.919. The largest absolute Gasteiger partial charge is 0.349 e. The van der Waals surface area contributed by atoms with Crippen LogP contribution in [0.15, 0.2) is 36.7 Å². The summed E-state index contributed by atoms with van der Waals surface area (Å²) < 4.78 is 0. The van der Waals surface area contributed by atoms with Crippen LogP contribution in [0.5, 0.6) is 0 Å². The minimum Gasteiger partial charge on any atom is -0.349 e. The second-order valence-corrected chi connectivity index (χ2v) is 6.50. The molecule has 0 saturated carbocycles. The molecule has 1 fully saturated rings. The van der Waals surface area contributed by atoms with Crippen molar-refractivity contribution in [2.45, 2.75) is 0 Å². The molecule has 3 N–H and O–H groups in total. The van der Waals surface area contributed by atoms with E-state index in [1.165, 1.54) is 12.4 Å². The molecule has 1 aromatic carbocycles. The van der Waals surface area contributed by atoms with Crippen LogP contribution in [0, 0.1) is 0 Å². The fraction of sp³-hybridized carbons (Fsp3) is 0.333. The van der Waals surface area contributed by atoms with Gasteiger partial charge in [-0.1, -0.05) is 11.6 Å². The molecule has 2 heterocycles. The lowest BCUT2D eigenvalue weighted by Gasteiger charge is -2.27. The van der Waals surface area contributed by atoms with Gasteiger partial charge in [0.05, 0.1) is 0 Å². The van der Waals surface area contributed by atoms with Crippen molar-refractivity contribution in [1.29, 1.82) is 0 Å². The highest BCUT2D eigenvalue weighted by Gasteiger charge is 2.20. The zero-order valence-electron chi connectivity index (χ0n) is 14.7. The van der Waals surface area contributed by atoms with Gasteiger partial charge >= 0.3 is 0 Å². The molecule has 27 heavy (non-hydrogen) atoms. The van der Waals surface area contributed by atoms with Crippen molar-refractivity contribution in [3.8, 4) is 0 Å². The molecule has 142 valence electrons. The summed E-state index contributed by atoms with van der Waals surface area (Å²) in [5.41, 5.74) is 0.538. The Balaban J connectivity index is 1.61. The van der Waals surface area contributed by atoms with E-state index in [1.807, 2.05) is 0 Å². The van der Waals surface area contributed by atoms with Gasteiger partial charge in [0, 0.05) is 62.4 Å². The monoisotopic (exact) mass is 388 g/mol. The molecule has 0 radical (unpaired) electrons. The lowest BCUT2D eigenvalue weighted by atomic mass is 10.2. The van der Waals surface area contributed by atoms with Crippen LogP contribution >= 0.6 is 11.6 Å². The van der Waals surface area contributed by atoms with E-state index >= 15 is 0 Å². The van der Waals surface area contributed by atoms with Gasteiger partial charge in [-0.25, -0.2) is 9.97 Å². The van der Waals surface area contributed by atoms with Crippen LogP contribution in [-0.4, -0.2) is 66.0 Å². The van der Waals surface area contributed by atoms with Gasteiger partial charge in [0.1, 0.15) is 0 Å². The van der Waals surface area contributed by atoms with Crippen LogP contribution in [0.4, 0.5) is 5.69 Å². The third kappa shape index (κ3) is 5.46. The molecule has 2 amide bonds. The Kier molecular flexibility index (Phi) is 6.69. The van der Waals surface area contributed by atoms with Crippen LogP contribution in [0.3, 0.4) is 0 Å². The van der Waals surface area contributed by atoms with Crippen molar-refractivity contribution >= 4 is 29.1 Å². The zero-order valence-corrected chi connectivity index (χ0v) is 15.5. The number of rotatable bonds is 6. The van der Waals surface area contributed by atoms with Crippen LogP contribution in [0.25, 0.3) is 0 Å². The predicted octanol–water partition coefficient (Wildman–Crippen LogP) is 1.02. The van der Waals surface area contributed by atoms with Crippen molar-refractivity contribution in [3.05, 3.63) is 53.1 Å². The molecular weight excluding hydrogens is 368 g/mol. The van der Waals surface area contributed by atoms with E-state index in [9.17, 15) is 9.59 Å². The van der Waals surface area contributed by atoms with E-state index in [0.29, 0.717) is 17.3 Å². The number of nitrogens with zero attached hydrogens (tertiary/aromatic N) is 3. The van der Waals surface area contributed by atoms with E-state index in [4.69, 9.17) is 11.6 Å². The van der Waals surface area contributed by atoms with Crippen LogP contribution in [-0.2, 0) is 0 Å². The fourth-order valence-corrected chi connectivity index (χ4v) is 2.87. The smallest absolute Gasteiger partial charge is 0.276 e. The van der Waals surface area contributed by atoms with E-state index in [0.717, 1.165) is 32.7 Å². The highest BCUT2D eigenvalue weighted by molar-refractivity contribution is 6.30. The number of anilines is 1. The average Bonchev–Trinajstić information content (AvgIpc) is 2.70. The number of aromatic nitrogens is 2. The number of hydrogen-bond donors (Lipinski definition) is 3. The summed E-state index contributed by atoms with van der Waals surface area (Å²) >= 11 is 5.84. The minimum atomic E-state index is -0.502. The molecule has 0 spiro atoms. The maximum Gasteiger partial charge on any atom is 0.276 e. The molecule has 0 atom stereocenters. The number of hydrogen-bond acceptors (Lipinski definition) is 6. The SMILES string of the molecule is O=C(NCCN1CCNCC1)c1nccnc1C(=O)Nc1ccc(Cl)cc1. The van der Waals surface area contributed by atoms with Crippen LogP contribution < -0.4 is 16.0 Å². The van der Waals surface area contributed by atoms with Crippen LogP contribution in [0.2, 0.25) is 5.02 Å². The highest BCUT2D eigenvalue weighted by atomic mass is 35.5. The first-order valence-corrected chi connectivity index (χ1v) is 9.10. The Morgan fingerprint density at radius 3 is 2.33 bits per heavy atom. The number of benzene rings is 1. The molecule has 1 saturated heterocycles. The summed E-state index contributed by atoms with van der Waals surface area (Å²) in [6.45, 7) is 5.04. The number of piperazine rings is 1. The topological polar surface area (TPSA) is 99.2 Å². The summed E-state index contributed by atoms with van der Waals surface area (Å²) in [6, 6.07) is 6.67. The van der Waals surface area contributed by atoms with Gasteiger partial charge in [0.2, 0.25) is 0 Å². The molecule has 1 aromatic heterocycles. The van der Waals surface area contributed by atoms with Crippen molar-refractivity contribution < 1.29 is 9.59 Å². The summed E-state index contributed by atoms with van der Waals surface area (Å²) in [7, 11) is 0. The number of amides is 2. The molecule has 2 aromatic rings. The minimum absolute atomic E-state index is 0.00396. The van der Waals surface area contributed by atoms with Crippen molar-refractivity contribution in [1.82, 2.24) is 25.5 Å². The first-order chi connectivity index (χ1) is 13.1. The van der Waals surface area contributed by atoms with Crippen molar-refractivity contribution in [2.24, 2.45) is 0 Å². The zero-order chi connectivity index (χ0) is 19.1. The Morgan fingerprint density at radius 2 is 1.67 bits per heavy atom. The number of carbonyl (C=O) groups is 2. The van der Waals surface area contributed by atoms with E-state index in [2.05, 4.69) is 30.8 Å². The van der Waals surface area contributed by atoms with Gasteiger partial charge in [0.15, 0.2) is 11.4 Å². The van der Waals surface area contributed by atoms with Gasteiger partial charge in [-0.05, 0) is 24.3 Å². The first kappa shape index (κ1) is 19.2. The van der Waals surface area contributed by atoms with Gasteiger partial charge in [0.25, 0.3) is 11.8 Å². The molecule has 0 bridgehead atoms. The van der Waals surface area contributed by atoms with Gasteiger partial charge in [-0.15, -0.1) is 0 Å². The van der Waals surface area contributed by atoms with Gasteiger partial charge in [-0.2, -0.15) is 0 Å². The van der Waals surface area contributed by atoms with Crippen molar-refractivity contribution in [3.63, 3.8) is 0 Å². The maximum absolute atomic E-state index is 12.5. The summed E-state index contributed by atoms with van der Waals surface area (Å²) in [4.78, 5) is 35.3. The number of nitrogens with one attached hydrogen (secondary N) is 3. The average molecular weight is 389 g/mol. The maximum atomic E-state index is 12.5. The molecule has 3 rings (SSSR count). The lowest BCUT2D eigenvalue weighted by molar-refractivity contribution is 0.0927.